The Balaban J connectivity index is 0.000000336. The van der Waals surface area contributed by atoms with Gasteiger partial charge in [-0.1, -0.05) is 54.3 Å². The molecule has 0 fully saturated rings. The first-order valence-electron chi connectivity index (χ1n) is 8.81. The Morgan fingerprint density at radius 1 is 1.07 bits per heavy atom. The Labute approximate surface area is 166 Å². The molecule has 1 amide bonds. The minimum absolute atomic E-state index is 0.421. The molecule has 2 aromatic carbocycles. The van der Waals surface area contributed by atoms with Gasteiger partial charge in [0.2, 0.25) is 5.91 Å². The highest BCUT2D eigenvalue weighted by Crippen LogP contribution is 2.04. The van der Waals surface area contributed by atoms with Crippen LogP contribution in [0.3, 0.4) is 0 Å². The van der Waals surface area contributed by atoms with E-state index in [1.54, 1.807) is 33.0 Å². The van der Waals surface area contributed by atoms with Crippen molar-refractivity contribution in [1.82, 2.24) is 5.32 Å². The second-order valence-corrected chi connectivity index (χ2v) is 6.70. The smallest absolute Gasteiger partial charge is 0.236 e. The van der Waals surface area contributed by atoms with E-state index < -0.39 is 17.5 Å². The van der Waals surface area contributed by atoms with Crippen LogP contribution in [0.15, 0.2) is 60.7 Å². The van der Waals surface area contributed by atoms with Gasteiger partial charge in [0.1, 0.15) is 12.3 Å². The maximum atomic E-state index is 10.7. The SMILES string of the molecule is CNC(C(N)=O)C(C)(C)N.O=Cc1ccc(/C=C/C#Cc2ccccc2)cc1. The lowest BCUT2D eigenvalue weighted by molar-refractivity contribution is -0.121. The highest BCUT2D eigenvalue weighted by atomic mass is 16.1. The second-order valence-electron chi connectivity index (χ2n) is 6.70. The molecule has 0 saturated heterocycles. The first-order chi connectivity index (χ1) is 13.3. The van der Waals surface area contributed by atoms with E-state index in [-0.39, 0.29) is 0 Å². The van der Waals surface area contributed by atoms with E-state index in [0.29, 0.717) is 5.56 Å². The molecule has 0 aliphatic carbocycles. The summed E-state index contributed by atoms with van der Waals surface area (Å²) >= 11 is 0. The lowest BCUT2D eigenvalue weighted by Crippen LogP contribution is -2.58. The number of allylic oxidation sites excluding steroid dienone is 1. The molecule has 5 N–H and O–H groups in total. The molecular weight excluding hydrogens is 350 g/mol. The zero-order valence-corrected chi connectivity index (χ0v) is 16.5. The predicted octanol–water partition coefficient (Wildman–Crippen LogP) is 2.36. The van der Waals surface area contributed by atoms with Crippen molar-refractivity contribution < 1.29 is 9.59 Å². The molecule has 0 aromatic heterocycles. The molecule has 0 aliphatic heterocycles. The van der Waals surface area contributed by atoms with Crippen molar-refractivity contribution in [1.29, 1.82) is 0 Å². The number of nitrogens with two attached hydrogens (primary N) is 2. The van der Waals surface area contributed by atoms with Gasteiger partial charge < -0.3 is 16.8 Å². The summed E-state index contributed by atoms with van der Waals surface area (Å²) in [7, 11) is 1.66. The van der Waals surface area contributed by atoms with E-state index in [0.717, 1.165) is 17.4 Å². The average molecular weight is 377 g/mol. The van der Waals surface area contributed by atoms with E-state index in [9.17, 15) is 9.59 Å². The summed E-state index contributed by atoms with van der Waals surface area (Å²) in [5.74, 6) is 5.60. The van der Waals surface area contributed by atoms with Crippen LogP contribution in [0.4, 0.5) is 0 Å². The molecule has 1 atom stereocenters. The summed E-state index contributed by atoms with van der Waals surface area (Å²) in [6.45, 7) is 3.50. The fraction of sp³-hybridized carbons (Fsp3) is 0.217. The maximum absolute atomic E-state index is 10.7. The number of hydrogen-bond acceptors (Lipinski definition) is 4. The fourth-order valence-corrected chi connectivity index (χ4v) is 2.35. The van der Waals surface area contributed by atoms with Gasteiger partial charge >= 0.3 is 0 Å². The molecule has 28 heavy (non-hydrogen) atoms. The fourth-order valence-electron chi connectivity index (χ4n) is 2.35. The number of rotatable bonds is 5. The minimum atomic E-state index is -0.597. The van der Waals surface area contributed by atoms with Crippen LogP contribution in [0, 0.1) is 11.8 Å². The first-order valence-corrected chi connectivity index (χ1v) is 8.81. The number of hydrogen-bond donors (Lipinski definition) is 3. The predicted molar refractivity (Wildman–Crippen MR) is 114 cm³/mol. The average Bonchev–Trinajstić information content (AvgIpc) is 2.66. The summed E-state index contributed by atoms with van der Waals surface area (Å²) in [6, 6.07) is 16.7. The molecule has 146 valence electrons. The number of likely N-dealkylation sites (N-methyl/N-ethyl adjacent to an activating group) is 1. The highest BCUT2D eigenvalue weighted by Gasteiger charge is 2.27. The van der Waals surface area contributed by atoms with Gasteiger partial charge in [0, 0.05) is 16.7 Å². The van der Waals surface area contributed by atoms with Crippen LogP contribution in [-0.4, -0.2) is 30.8 Å². The number of benzene rings is 2. The molecule has 2 rings (SSSR count). The Kier molecular flexibility index (Phi) is 9.38. The molecule has 0 spiro atoms. The first kappa shape index (κ1) is 22.8. The number of primary amides is 1. The van der Waals surface area contributed by atoms with E-state index >= 15 is 0 Å². The molecule has 5 heteroatoms. The van der Waals surface area contributed by atoms with Gasteiger partial charge in [-0.15, -0.1) is 0 Å². The Hall–Kier alpha value is -3.20. The Bertz CT molecular complexity index is 839. The third-order valence-corrected chi connectivity index (χ3v) is 3.74. The van der Waals surface area contributed by atoms with E-state index in [4.69, 9.17) is 11.5 Å². The van der Waals surface area contributed by atoms with Gasteiger partial charge in [-0.3, -0.25) is 9.59 Å². The number of carbonyl (C=O) groups is 2. The molecule has 0 aliphatic rings. The molecular formula is C23H27N3O2. The van der Waals surface area contributed by atoms with Crippen LogP contribution in [-0.2, 0) is 4.79 Å². The number of amides is 1. The van der Waals surface area contributed by atoms with Crippen molar-refractivity contribution >= 4 is 18.3 Å². The second kappa shape index (κ2) is 11.5. The van der Waals surface area contributed by atoms with Gasteiger partial charge in [-0.25, -0.2) is 0 Å². The van der Waals surface area contributed by atoms with Gasteiger partial charge in [0.15, 0.2) is 0 Å². The van der Waals surface area contributed by atoms with Gasteiger partial charge in [-0.05, 0) is 50.7 Å². The third kappa shape index (κ3) is 8.45. The third-order valence-electron chi connectivity index (χ3n) is 3.74. The highest BCUT2D eigenvalue weighted by molar-refractivity contribution is 5.81. The van der Waals surface area contributed by atoms with Crippen molar-refractivity contribution in [3.63, 3.8) is 0 Å². The van der Waals surface area contributed by atoms with E-state index in [1.165, 1.54) is 0 Å². The summed E-state index contributed by atoms with van der Waals surface area (Å²) in [5.41, 5.74) is 12.8. The number of carbonyl (C=O) groups excluding carboxylic acids is 2. The largest absolute Gasteiger partial charge is 0.368 e. The number of nitrogens with one attached hydrogen (secondary N) is 1. The normalized spacial score (nSPS) is 11.6. The quantitative estimate of drug-likeness (QED) is 0.550. The standard InChI is InChI=1S/C17H12O.C6H15N3O/c18-14-17-12-10-16(11-13-17)9-5-4-8-15-6-2-1-3-7-15;1-6(2,8)4(9-3)5(7)10/h1-3,5-7,9-14H;4,9H,8H2,1-3H3,(H2,7,10)/b9-5+;. The minimum Gasteiger partial charge on any atom is -0.368 e. The maximum Gasteiger partial charge on any atom is 0.236 e. The molecule has 0 saturated carbocycles. The topological polar surface area (TPSA) is 98.2 Å². The van der Waals surface area contributed by atoms with Crippen LogP contribution in [0.25, 0.3) is 6.08 Å². The summed E-state index contributed by atoms with van der Waals surface area (Å²) in [4.78, 5) is 21.2. The number of aldehydes is 1. The molecule has 1 unspecified atom stereocenters. The van der Waals surface area contributed by atoms with Crippen LogP contribution in [0.2, 0.25) is 0 Å². The Morgan fingerprint density at radius 2 is 1.64 bits per heavy atom. The molecule has 5 nitrogen and oxygen atoms in total. The zero-order chi connectivity index (χ0) is 21.0. The van der Waals surface area contributed by atoms with E-state index in [1.807, 2.05) is 54.6 Å². The molecule has 0 bridgehead atoms. The van der Waals surface area contributed by atoms with E-state index in [2.05, 4.69) is 17.2 Å². The van der Waals surface area contributed by atoms with Crippen LogP contribution in [0.5, 0.6) is 0 Å². The van der Waals surface area contributed by atoms with Gasteiger partial charge in [0.05, 0.1) is 0 Å². The van der Waals surface area contributed by atoms with Gasteiger partial charge in [0.25, 0.3) is 0 Å². The van der Waals surface area contributed by atoms with Crippen LogP contribution >= 0.6 is 0 Å². The van der Waals surface area contributed by atoms with Crippen molar-refractivity contribution in [2.75, 3.05) is 7.05 Å². The monoisotopic (exact) mass is 377 g/mol. The molecule has 0 radical (unpaired) electrons. The summed E-state index contributed by atoms with van der Waals surface area (Å²) in [6.07, 6.45) is 4.57. The van der Waals surface area contributed by atoms with Gasteiger partial charge in [-0.2, -0.15) is 0 Å². The zero-order valence-electron chi connectivity index (χ0n) is 16.5. The summed E-state index contributed by atoms with van der Waals surface area (Å²) in [5, 5.41) is 2.74. The lowest BCUT2D eigenvalue weighted by Gasteiger charge is -2.26. The van der Waals surface area contributed by atoms with Crippen LogP contribution < -0.4 is 16.8 Å². The summed E-state index contributed by atoms with van der Waals surface area (Å²) < 4.78 is 0. The molecule has 2 aromatic rings. The van der Waals surface area contributed by atoms with Crippen molar-refractivity contribution in [2.24, 2.45) is 11.5 Å². The lowest BCUT2D eigenvalue weighted by atomic mass is 9.96. The van der Waals surface area contributed by atoms with Crippen molar-refractivity contribution in [3.8, 4) is 11.8 Å². The van der Waals surface area contributed by atoms with Crippen LogP contribution in [0.1, 0.15) is 35.3 Å². The Morgan fingerprint density at radius 3 is 2.07 bits per heavy atom. The van der Waals surface area contributed by atoms with Crippen molar-refractivity contribution in [3.05, 3.63) is 77.4 Å². The molecule has 0 heterocycles. The van der Waals surface area contributed by atoms with Crippen molar-refractivity contribution in [2.45, 2.75) is 25.4 Å².